The summed E-state index contributed by atoms with van der Waals surface area (Å²) in [6.07, 6.45) is -4.33. The van der Waals surface area contributed by atoms with Crippen molar-refractivity contribution in [3.63, 3.8) is 0 Å². The lowest BCUT2D eigenvalue weighted by Crippen LogP contribution is -2.40. The number of guanidine groups is 1. The van der Waals surface area contributed by atoms with Crippen molar-refractivity contribution in [2.75, 3.05) is 19.3 Å². The van der Waals surface area contributed by atoms with E-state index in [2.05, 4.69) is 15.6 Å². The molecule has 4 nitrogen and oxygen atoms in total. The van der Waals surface area contributed by atoms with Crippen LogP contribution in [0.1, 0.15) is 31.9 Å². The minimum Gasteiger partial charge on any atom is -0.355 e. The molecule has 9 heteroatoms. The fourth-order valence-electron chi connectivity index (χ4n) is 1.79. The van der Waals surface area contributed by atoms with Crippen LogP contribution in [0.15, 0.2) is 29.3 Å². The normalized spacial score (nSPS) is 13.8. The number of halogens is 4. The predicted molar refractivity (Wildman–Crippen MR) is 108 cm³/mol. The Kier molecular flexibility index (Phi) is 10.00. The van der Waals surface area contributed by atoms with E-state index in [0.29, 0.717) is 30.4 Å². The van der Waals surface area contributed by atoms with Gasteiger partial charge in [-0.2, -0.15) is 13.2 Å². The lowest BCUT2D eigenvalue weighted by molar-refractivity contribution is -0.137. The molecule has 0 spiro atoms. The molecule has 0 amide bonds. The Balaban J connectivity index is 0.00000576. The standard InChI is InChI=1S/C16H24F3N3OS.HI/c1-15(2,3)24(23)10-9-21-14(20-4)22-11-12-5-7-13(8-6-12)16(17,18)19;/h5-8H,9-11H2,1-4H3,(H2,20,21,22);1H. The molecule has 0 aliphatic rings. The highest BCUT2D eigenvalue weighted by Crippen LogP contribution is 2.29. The van der Waals surface area contributed by atoms with E-state index in [4.69, 9.17) is 0 Å². The van der Waals surface area contributed by atoms with Crippen LogP contribution in [0.5, 0.6) is 0 Å². The van der Waals surface area contributed by atoms with Gasteiger partial charge in [0, 0.05) is 41.4 Å². The van der Waals surface area contributed by atoms with Gasteiger partial charge in [-0.15, -0.1) is 24.0 Å². The molecule has 0 radical (unpaired) electrons. The van der Waals surface area contributed by atoms with Gasteiger partial charge >= 0.3 is 6.18 Å². The summed E-state index contributed by atoms with van der Waals surface area (Å²) in [5.41, 5.74) is 0.0441. The second-order valence-electron chi connectivity index (χ2n) is 6.21. The van der Waals surface area contributed by atoms with Crippen molar-refractivity contribution in [2.24, 2.45) is 4.99 Å². The summed E-state index contributed by atoms with van der Waals surface area (Å²) in [7, 11) is 0.641. The van der Waals surface area contributed by atoms with E-state index in [0.717, 1.165) is 12.1 Å². The van der Waals surface area contributed by atoms with E-state index in [9.17, 15) is 17.4 Å². The highest BCUT2D eigenvalue weighted by Gasteiger charge is 2.29. The number of rotatable bonds is 5. The Morgan fingerprint density at radius 1 is 1.12 bits per heavy atom. The van der Waals surface area contributed by atoms with Gasteiger partial charge < -0.3 is 10.6 Å². The topological polar surface area (TPSA) is 53.5 Å². The molecular formula is C16H25F3IN3OS. The van der Waals surface area contributed by atoms with Crippen molar-refractivity contribution < 1.29 is 17.4 Å². The third-order valence-corrected chi connectivity index (χ3v) is 5.17. The molecule has 0 heterocycles. The minimum absolute atomic E-state index is 0. The number of nitrogens with zero attached hydrogens (tertiary/aromatic N) is 1. The number of benzene rings is 1. The fraction of sp³-hybridized carbons (Fsp3) is 0.562. The first-order valence-electron chi connectivity index (χ1n) is 7.53. The molecule has 1 aromatic rings. The number of hydrogen-bond acceptors (Lipinski definition) is 2. The van der Waals surface area contributed by atoms with Gasteiger partial charge in [-0.25, -0.2) is 0 Å². The fourth-order valence-corrected chi connectivity index (χ4v) is 2.69. The van der Waals surface area contributed by atoms with E-state index < -0.39 is 22.5 Å². The van der Waals surface area contributed by atoms with Crippen LogP contribution in [0.4, 0.5) is 13.2 Å². The Morgan fingerprint density at radius 3 is 2.12 bits per heavy atom. The molecule has 0 aliphatic carbocycles. The van der Waals surface area contributed by atoms with Gasteiger partial charge in [-0.05, 0) is 38.5 Å². The van der Waals surface area contributed by atoms with Crippen molar-refractivity contribution in [1.29, 1.82) is 0 Å². The van der Waals surface area contributed by atoms with Gasteiger partial charge in [-0.3, -0.25) is 9.20 Å². The van der Waals surface area contributed by atoms with Crippen LogP contribution in [0.3, 0.4) is 0 Å². The maximum Gasteiger partial charge on any atom is 0.416 e. The molecule has 1 rings (SSSR count). The summed E-state index contributed by atoms with van der Waals surface area (Å²) >= 11 is 0. The number of hydrogen-bond donors (Lipinski definition) is 2. The van der Waals surface area contributed by atoms with Crippen LogP contribution < -0.4 is 10.6 Å². The molecule has 1 aromatic carbocycles. The molecule has 0 saturated carbocycles. The van der Waals surface area contributed by atoms with Crippen molar-refractivity contribution in [3.05, 3.63) is 35.4 Å². The molecule has 0 saturated heterocycles. The first-order valence-corrected chi connectivity index (χ1v) is 8.85. The van der Waals surface area contributed by atoms with Crippen LogP contribution in [-0.2, 0) is 23.5 Å². The third kappa shape index (κ3) is 8.89. The minimum atomic E-state index is -4.33. The highest BCUT2D eigenvalue weighted by atomic mass is 127. The zero-order valence-electron chi connectivity index (χ0n) is 14.7. The highest BCUT2D eigenvalue weighted by molar-refractivity contribution is 14.0. The molecule has 0 fully saturated rings. The van der Waals surface area contributed by atoms with Crippen LogP contribution in [0, 0.1) is 0 Å². The number of nitrogens with one attached hydrogen (secondary N) is 2. The van der Waals surface area contributed by atoms with E-state index in [1.165, 1.54) is 12.1 Å². The second kappa shape index (κ2) is 10.3. The van der Waals surface area contributed by atoms with Gasteiger partial charge in [0.1, 0.15) is 0 Å². The van der Waals surface area contributed by atoms with Crippen molar-refractivity contribution in [2.45, 2.75) is 38.2 Å². The van der Waals surface area contributed by atoms with E-state index in [1.54, 1.807) is 7.05 Å². The van der Waals surface area contributed by atoms with Gasteiger partial charge in [0.2, 0.25) is 0 Å². The first kappa shape index (κ1) is 24.2. The second-order valence-corrected chi connectivity index (χ2v) is 8.53. The number of aliphatic imine (C=N–C) groups is 1. The van der Waals surface area contributed by atoms with Crippen molar-refractivity contribution in [1.82, 2.24) is 10.6 Å². The van der Waals surface area contributed by atoms with E-state index in [1.807, 2.05) is 20.8 Å². The molecule has 0 aromatic heterocycles. The third-order valence-electron chi connectivity index (χ3n) is 3.23. The predicted octanol–water partition coefficient (Wildman–Crippen LogP) is 3.54. The van der Waals surface area contributed by atoms with Crippen LogP contribution in [-0.4, -0.2) is 34.3 Å². The Bertz CT molecular complexity index is 584. The lowest BCUT2D eigenvalue weighted by atomic mass is 10.1. The maximum atomic E-state index is 12.5. The Morgan fingerprint density at radius 2 is 1.68 bits per heavy atom. The van der Waals surface area contributed by atoms with Gasteiger partial charge in [-0.1, -0.05) is 12.1 Å². The van der Waals surface area contributed by atoms with Crippen molar-refractivity contribution in [3.8, 4) is 0 Å². The summed E-state index contributed by atoms with van der Waals surface area (Å²) in [5.74, 6) is 1.01. The average molecular weight is 491 g/mol. The quantitative estimate of drug-likeness (QED) is 0.377. The van der Waals surface area contributed by atoms with Crippen LogP contribution in [0.2, 0.25) is 0 Å². The van der Waals surface area contributed by atoms with Crippen LogP contribution >= 0.6 is 24.0 Å². The largest absolute Gasteiger partial charge is 0.416 e. The first-order chi connectivity index (χ1) is 11.0. The summed E-state index contributed by atoms with van der Waals surface area (Å²) in [4.78, 5) is 4.03. The van der Waals surface area contributed by atoms with E-state index in [-0.39, 0.29) is 28.7 Å². The molecule has 1 atom stereocenters. The molecular weight excluding hydrogens is 466 g/mol. The van der Waals surface area contributed by atoms with Crippen LogP contribution in [0.25, 0.3) is 0 Å². The summed E-state index contributed by atoms with van der Waals surface area (Å²) in [6, 6.07) is 4.97. The molecule has 144 valence electrons. The lowest BCUT2D eigenvalue weighted by Gasteiger charge is -2.18. The Hall–Kier alpha value is -0.840. The SMILES string of the molecule is CN=C(NCCS(=O)C(C)(C)C)NCc1ccc(C(F)(F)F)cc1.I. The monoisotopic (exact) mass is 491 g/mol. The van der Waals surface area contributed by atoms with Gasteiger partial charge in [0.15, 0.2) is 5.96 Å². The number of alkyl halides is 3. The van der Waals surface area contributed by atoms with Crippen molar-refractivity contribution >= 4 is 40.7 Å². The molecule has 0 aliphatic heterocycles. The molecule has 0 bridgehead atoms. The smallest absolute Gasteiger partial charge is 0.355 e. The van der Waals surface area contributed by atoms with E-state index >= 15 is 0 Å². The maximum absolute atomic E-state index is 12.5. The molecule has 25 heavy (non-hydrogen) atoms. The summed E-state index contributed by atoms with van der Waals surface area (Å²) in [5, 5.41) is 6.06. The average Bonchev–Trinajstić information content (AvgIpc) is 2.49. The van der Waals surface area contributed by atoms with Gasteiger partial charge in [0.25, 0.3) is 0 Å². The zero-order valence-corrected chi connectivity index (χ0v) is 17.9. The summed E-state index contributed by atoms with van der Waals surface area (Å²) < 4.78 is 49.2. The summed E-state index contributed by atoms with van der Waals surface area (Å²) in [6.45, 7) is 6.60. The molecule has 2 N–H and O–H groups in total. The zero-order chi connectivity index (χ0) is 18.4. The van der Waals surface area contributed by atoms with Gasteiger partial charge in [0.05, 0.1) is 5.56 Å². The molecule has 1 unspecified atom stereocenters. The Labute approximate surface area is 166 Å².